The number of benzene rings is 3. The molecular weight excluding hydrogens is 520 g/mol. The third-order valence-corrected chi connectivity index (χ3v) is 9.19. The normalized spacial score (nSPS) is 15.8. The molecular formula is C32H36N4O3S. The second kappa shape index (κ2) is 11.8. The Hall–Kier alpha value is -3.75. The number of hydrogen-bond donors (Lipinski definition) is 1. The van der Waals surface area contributed by atoms with Crippen LogP contribution in [0, 0.1) is 6.92 Å². The van der Waals surface area contributed by atoms with E-state index in [1.165, 1.54) is 0 Å². The molecule has 0 fully saturated rings. The SMILES string of the molecule is Cc1cccc(S(=O)(=O)N[C@@H]2CCCc3ccc(N(Cc4nccn4C)C(=O)C[C@H](C)c4ccccc4)cc32)c1. The van der Waals surface area contributed by atoms with Gasteiger partial charge in [-0.2, -0.15) is 0 Å². The molecule has 5 rings (SSSR count). The van der Waals surface area contributed by atoms with E-state index in [2.05, 4.69) is 16.6 Å². The molecule has 1 aliphatic carbocycles. The van der Waals surface area contributed by atoms with Crippen molar-refractivity contribution in [2.45, 2.75) is 62.9 Å². The average Bonchev–Trinajstić information content (AvgIpc) is 3.36. The Morgan fingerprint density at radius 3 is 2.62 bits per heavy atom. The maximum absolute atomic E-state index is 13.8. The van der Waals surface area contributed by atoms with Gasteiger partial charge < -0.3 is 9.47 Å². The molecule has 0 unspecified atom stereocenters. The van der Waals surface area contributed by atoms with Gasteiger partial charge in [0.25, 0.3) is 0 Å². The predicted molar refractivity (Wildman–Crippen MR) is 157 cm³/mol. The third kappa shape index (κ3) is 6.18. The highest BCUT2D eigenvalue weighted by Crippen LogP contribution is 2.35. The molecule has 2 atom stereocenters. The number of nitrogens with one attached hydrogen (secondary N) is 1. The second-order valence-corrected chi connectivity index (χ2v) is 12.4. The fraction of sp³-hybridized carbons (Fsp3) is 0.312. The van der Waals surface area contributed by atoms with E-state index in [4.69, 9.17) is 0 Å². The average molecular weight is 557 g/mol. The highest BCUT2D eigenvalue weighted by molar-refractivity contribution is 7.89. The molecule has 3 aromatic carbocycles. The summed E-state index contributed by atoms with van der Waals surface area (Å²) < 4.78 is 31.5. The molecule has 40 heavy (non-hydrogen) atoms. The van der Waals surface area contributed by atoms with Crippen LogP contribution in [0.25, 0.3) is 0 Å². The van der Waals surface area contributed by atoms with Gasteiger partial charge in [0, 0.05) is 37.6 Å². The number of aryl methyl sites for hydroxylation is 3. The highest BCUT2D eigenvalue weighted by atomic mass is 32.2. The first kappa shape index (κ1) is 27.8. The molecule has 1 aromatic heterocycles. The summed E-state index contributed by atoms with van der Waals surface area (Å²) in [5.74, 6) is 0.811. The van der Waals surface area contributed by atoms with Crippen LogP contribution in [0.15, 0.2) is 90.1 Å². The number of sulfonamides is 1. The van der Waals surface area contributed by atoms with Crippen LogP contribution >= 0.6 is 0 Å². The van der Waals surface area contributed by atoms with E-state index in [1.54, 1.807) is 29.3 Å². The Morgan fingerprint density at radius 1 is 1.10 bits per heavy atom. The Labute approximate surface area is 236 Å². The van der Waals surface area contributed by atoms with E-state index < -0.39 is 10.0 Å². The number of amides is 1. The van der Waals surface area contributed by atoms with Crippen molar-refractivity contribution in [2.24, 2.45) is 7.05 Å². The first-order valence-electron chi connectivity index (χ1n) is 13.7. The van der Waals surface area contributed by atoms with Crippen LogP contribution in [0.3, 0.4) is 0 Å². The number of rotatable bonds is 9. The molecule has 0 bridgehead atoms. The second-order valence-electron chi connectivity index (χ2n) is 10.7. The van der Waals surface area contributed by atoms with Gasteiger partial charge in [-0.25, -0.2) is 18.1 Å². The molecule has 1 amide bonds. The van der Waals surface area contributed by atoms with Gasteiger partial charge >= 0.3 is 0 Å². The smallest absolute Gasteiger partial charge is 0.241 e. The van der Waals surface area contributed by atoms with Crippen molar-refractivity contribution in [3.05, 3.63) is 113 Å². The molecule has 208 valence electrons. The lowest BCUT2D eigenvalue weighted by Crippen LogP contribution is -2.34. The topological polar surface area (TPSA) is 84.3 Å². The van der Waals surface area contributed by atoms with Crippen molar-refractivity contribution in [3.63, 3.8) is 0 Å². The van der Waals surface area contributed by atoms with Gasteiger partial charge in [-0.05, 0) is 78.6 Å². The fourth-order valence-electron chi connectivity index (χ4n) is 5.40. The lowest BCUT2D eigenvalue weighted by Gasteiger charge is -2.30. The van der Waals surface area contributed by atoms with Crippen LogP contribution in [-0.4, -0.2) is 23.9 Å². The first-order valence-corrected chi connectivity index (χ1v) is 15.2. The molecule has 0 saturated heterocycles. The van der Waals surface area contributed by atoms with Crippen LogP contribution in [0.4, 0.5) is 5.69 Å². The van der Waals surface area contributed by atoms with Gasteiger partial charge in [-0.3, -0.25) is 4.79 Å². The minimum Gasteiger partial charge on any atom is -0.337 e. The summed E-state index contributed by atoms with van der Waals surface area (Å²) in [5.41, 5.74) is 4.78. The zero-order chi connectivity index (χ0) is 28.3. The number of imidazole rings is 1. The fourth-order valence-corrected chi connectivity index (χ4v) is 6.75. The summed E-state index contributed by atoms with van der Waals surface area (Å²) in [6.07, 6.45) is 6.39. The quantitative estimate of drug-likeness (QED) is 0.282. The maximum atomic E-state index is 13.8. The number of aromatic nitrogens is 2. The standard InChI is InChI=1S/C32H36N4O3S/c1-23-9-7-13-28(19-23)40(38,39)34-30-14-8-12-26-15-16-27(21-29(26)30)36(22-31-33-17-18-35(31)3)32(37)20-24(2)25-10-5-4-6-11-25/h4-7,9-11,13,15-19,21,24,30,34H,8,12,14,20,22H2,1-3H3/t24-,30+/m0/s1. The number of anilines is 1. The summed E-state index contributed by atoms with van der Waals surface area (Å²) in [4.78, 5) is 20.3. The Kier molecular flexibility index (Phi) is 8.19. The van der Waals surface area contributed by atoms with Crippen LogP contribution < -0.4 is 9.62 Å². The van der Waals surface area contributed by atoms with Crippen molar-refractivity contribution in [3.8, 4) is 0 Å². The monoisotopic (exact) mass is 556 g/mol. The first-order chi connectivity index (χ1) is 19.2. The Bertz CT molecular complexity index is 1600. The third-order valence-electron chi connectivity index (χ3n) is 7.72. The summed E-state index contributed by atoms with van der Waals surface area (Å²) in [6, 6.07) is 22.6. The lowest BCUT2D eigenvalue weighted by atomic mass is 9.87. The van der Waals surface area contributed by atoms with Crippen molar-refractivity contribution < 1.29 is 13.2 Å². The van der Waals surface area contributed by atoms with Crippen LogP contribution in [0.5, 0.6) is 0 Å². The Morgan fingerprint density at radius 2 is 1.90 bits per heavy atom. The van der Waals surface area contributed by atoms with Gasteiger partial charge in [-0.15, -0.1) is 0 Å². The molecule has 8 heteroatoms. The van der Waals surface area contributed by atoms with E-state index in [0.717, 1.165) is 46.6 Å². The number of carbonyl (C=O) groups excluding carboxylic acids is 1. The zero-order valence-electron chi connectivity index (χ0n) is 23.2. The van der Waals surface area contributed by atoms with Gasteiger partial charge in [0.1, 0.15) is 5.82 Å². The number of nitrogens with zero attached hydrogens (tertiary/aromatic N) is 3. The van der Waals surface area contributed by atoms with Gasteiger partial charge in [0.05, 0.1) is 11.4 Å². The molecule has 1 heterocycles. The number of hydrogen-bond acceptors (Lipinski definition) is 4. The summed E-state index contributed by atoms with van der Waals surface area (Å²) in [6.45, 7) is 4.27. The molecule has 7 nitrogen and oxygen atoms in total. The highest BCUT2D eigenvalue weighted by Gasteiger charge is 2.28. The van der Waals surface area contributed by atoms with Crippen molar-refractivity contribution in [1.29, 1.82) is 0 Å². The maximum Gasteiger partial charge on any atom is 0.241 e. The molecule has 0 radical (unpaired) electrons. The predicted octanol–water partition coefficient (Wildman–Crippen LogP) is 5.81. The molecule has 0 spiro atoms. The van der Waals surface area contributed by atoms with E-state index in [0.29, 0.717) is 19.4 Å². The van der Waals surface area contributed by atoms with E-state index >= 15 is 0 Å². The minimum atomic E-state index is -3.71. The minimum absolute atomic E-state index is 0.00740. The van der Waals surface area contributed by atoms with Gasteiger partial charge in [0.15, 0.2) is 0 Å². The number of fused-ring (bicyclic) bond motifs is 1. The molecule has 1 N–H and O–H groups in total. The summed E-state index contributed by atoms with van der Waals surface area (Å²) in [7, 11) is -1.79. The summed E-state index contributed by atoms with van der Waals surface area (Å²) >= 11 is 0. The molecule has 0 saturated carbocycles. The molecule has 4 aromatic rings. The van der Waals surface area contributed by atoms with Crippen LogP contribution in [0.1, 0.15) is 66.2 Å². The van der Waals surface area contributed by atoms with E-state index in [-0.39, 0.29) is 22.8 Å². The van der Waals surface area contributed by atoms with Gasteiger partial charge in [0.2, 0.25) is 15.9 Å². The molecule has 1 aliphatic rings. The van der Waals surface area contributed by atoms with Gasteiger partial charge in [-0.1, -0.05) is 55.5 Å². The van der Waals surface area contributed by atoms with E-state index in [1.807, 2.05) is 79.3 Å². The Balaban J connectivity index is 1.46. The summed E-state index contributed by atoms with van der Waals surface area (Å²) in [5, 5.41) is 0. The number of carbonyl (C=O) groups is 1. The lowest BCUT2D eigenvalue weighted by molar-refractivity contribution is -0.119. The van der Waals surface area contributed by atoms with Crippen molar-refractivity contribution in [2.75, 3.05) is 4.90 Å². The largest absolute Gasteiger partial charge is 0.337 e. The van der Waals surface area contributed by atoms with Crippen LogP contribution in [0.2, 0.25) is 0 Å². The van der Waals surface area contributed by atoms with Crippen LogP contribution in [-0.2, 0) is 34.8 Å². The molecule has 0 aliphatic heterocycles. The van der Waals surface area contributed by atoms with Crippen molar-refractivity contribution in [1.82, 2.24) is 14.3 Å². The van der Waals surface area contributed by atoms with Crippen molar-refractivity contribution >= 4 is 21.6 Å². The van der Waals surface area contributed by atoms with E-state index in [9.17, 15) is 13.2 Å². The zero-order valence-corrected chi connectivity index (χ0v) is 24.1.